The fourth-order valence-electron chi connectivity index (χ4n) is 1.65. The van der Waals surface area contributed by atoms with Gasteiger partial charge in [0.25, 0.3) is 0 Å². The quantitative estimate of drug-likeness (QED) is 0.758. The molecular formula is C11H22ClNO2. The lowest BCUT2D eigenvalue weighted by Gasteiger charge is -2.22. The van der Waals surface area contributed by atoms with Gasteiger partial charge in [0.1, 0.15) is 0 Å². The van der Waals surface area contributed by atoms with Crippen LogP contribution in [-0.2, 0) is 9.53 Å². The van der Waals surface area contributed by atoms with Crippen molar-refractivity contribution in [3.63, 3.8) is 0 Å². The van der Waals surface area contributed by atoms with E-state index in [0.717, 1.165) is 25.9 Å². The van der Waals surface area contributed by atoms with E-state index in [0.29, 0.717) is 24.9 Å². The van der Waals surface area contributed by atoms with Crippen molar-refractivity contribution in [1.82, 2.24) is 5.32 Å². The molecule has 0 radical (unpaired) electrons. The van der Waals surface area contributed by atoms with Crippen LogP contribution >= 0.6 is 12.4 Å². The van der Waals surface area contributed by atoms with Gasteiger partial charge in [-0.2, -0.15) is 0 Å². The van der Waals surface area contributed by atoms with Gasteiger partial charge in [-0.3, -0.25) is 4.79 Å². The third-order valence-corrected chi connectivity index (χ3v) is 2.51. The predicted molar refractivity (Wildman–Crippen MR) is 63.3 cm³/mol. The number of hydrogen-bond acceptors (Lipinski definition) is 3. The molecule has 1 heterocycles. The fraction of sp³-hybridized carbons (Fsp3) is 0.909. The van der Waals surface area contributed by atoms with Crippen LogP contribution < -0.4 is 5.32 Å². The van der Waals surface area contributed by atoms with Crippen molar-refractivity contribution in [2.24, 2.45) is 11.8 Å². The second kappa shape index (κ2) is 7.94. The number of rotatable bonds is 4. The molecule has 0 amide bonds. The molecule has 0 aromatic carbocycles. The van der Waals surface area contributed by atoms with Crippen LogP contribution in [0, 0.1) is 11.8 Å². The molecule has 0 aliphatic carbocycles. The average Bonchev–Trinajstić information content (AvgIpc) is 2.15. The van der Waals surface area contributed by atoms with Gasteiger partial charge in [0.2, 0.25) is 0 Å². The molecule has 0 aromatic heterocycles. The molecule has 1 aliphatic rings. The summed E-state index contributed by atoms with van der Waals surface area (Å²) >= 11 is 0. The summed E-state index contributed by atoms with van der Waals surface area (Å²) in [4.78, 5) is 11.3. The molecule has 0 atom stereocenters. The number of esters is 1. The zero-order valence-electron chi connectivity index (χ0n) is 9.62. The number of ether oxygens (including phenoxy) is 1. The van der Waals surface area contributed by atoms with E-state index >= 15 is 0 Å². The molecule has 1 rings (SSSR count). The second-order valence-corrected chi connectivity index (χ2v) is 4.47. The number of carbonyl (C=O) groups is 1. The van der Waals surface area contributed by atoms with Gasteiger partial charge >= 0.3 is 5.97 Å². The van der Waals surface area contributed by atoms with Crippen LogP contribution in [-0.4, -0.2) is 25.7 Å². The summed E-state index contributed by atoms with van der Waals surface area (Å²) in [6.07, 6.45) is 2.81. The number of carbonyl (C=O) groups excluding carboxylic acids is 1. The lowest BCUT2D eigenvalue weighted by atomic mass is 9.99. The van der Waals surface area contributed by atoms with Crippen LogP contribution in [0.4, 0.5) is 0 Å². The van der Waals surface area contributed by atoms with Crippen molar-refractivity contribution in [2.75, 3.05) is 19.7 Å². The summed E-state index contributed by atoms with van der Waals surface area (Å²) < 4.78 is 5.23. The van der Waals surface area contributed by atoms with Crippen molar-refractivity contribution in [3.05, 3.63) is 0 Å². The van der Waals surface area contributed by atoms with Crippen molar-refractivity contribution >= 4 is 18.4 Å². The van der Waals surface area contributed by atoms with E-state index < -0.39 is 0 Å². The maximum absolute atomic E-state index is 11.3. The third kappa shape index (κ3) is 6.74. The minimum atomic E-state index is -0.0430. The van der Waals surface area contributed by atoms with Gasteiger partial charge in [-0.15, -0.1) is 12.4 Å². The van der Waals surface area contributed by atoms with Crippen LogP contribution in [0.3, 0.4) is 0 Å². The Morgan fingerprint density at radius 3 is 2.53 bits per heavy atom. The van der Waals surface area contributed by atoms with Crippen LogP contribution in [0.2, 0.25) is 0 Å². The monoisotopic (exact) mass is 235 g/mol. The Morgan fingerprint density at radius 2 is 2.00 bits per heavy atom. The molecule has 3 nitrogen and oxygen atoms in total. The van der Waals surface area contributed by atoms with Gasteiger partial charge < -0.3 is 10.1 Å². The molecular weight excluding hydrogens is 214 g/mol. The molecule has 0 bridgehead atoms. The summed E-state index contributed by atoms with van der Waals surface area (Å²) in [6, 6.07) is 0. The zero-order valence-corrected chi connectivity index (χ0v) is 10.4. The molecule has 0 spiro atoms. The van der Waals surface area contributed by atoms with E-state index in [2.05, 4.69) is 5.32 Å². The van der Waals surface area contributed by atoms with Gasteiger partial charge in [-0.05, 0) is 37.8 Å². The maximum atomic E-state index is 11.3. The second-order valence-electron chi connectivity index (χ2n) is 4.47. The molecule has 1 saturated heterocycles. The molecule has 1 N–H and O–H groups in total. The van der Waals surface area contributed by atoms with Gasteiger partial charge in [-0.25, -0.2) is 0 Å². The number of piperidine rings is 1. The predicted octanol–water partition coefficient (Wildman–Crippen LogP) is 2.00. The van der Waals surface area contributed by atoms with E-state index in [4.69, 9.17) is 4.74 Å². The van der Waals surface area contributed by atoms with E-state index in [-0.39, 0.29) is 18.4 Å². The fourth-order valence-corrected chi connectivity index (χ4v) is 1.65. The highest BCUT2D eigenvalue weighted by Gasteiger charge is 2.15. The van der Waals surface area contributed by atoms with Gasteiger partial charge in [0.15, 0.2) is 0 Å². The highest BCUT2D eigenvalue weighted by molar-refractivity contribution is 5.85. The van der Waals surface area contributed by atoms with Crippen LogP contribution in [0.1, 0.15) is 33.1 Å². The lowest BCUT2D eigenvalue weighted by molar-refractivity contribution is -0.146. The molecule has 0 saturated carbocycles. The Bertz CT molecular complexity index is 179. The first-order valence-corrected chi connectivity index (χ1v) is 5.55. The highest BCUT2D eigenvalue weighted by Crippen LogP contribution is 2.12. The Morgan fingerprint density at radius 1 is 1.40 bits per heavy atom. The molecule has 1 aliphatic heterocycles. The Kier molecular flexibility index (Phi) is 7.79. The van der Waals surface area contributed by atoms with Gasteiger partial charge in [-0.1, -0.05) is 13.8 Å². The van der Waals surface area contributed by atoms with Gasteiger partial charge in [0, 0.05) is 6.42 Å². The number of nitrogens with one attached hydrogen (secondary N) is 1. The van der Waals surface area contributed by atoms with Crippen molar-refractivity contribution < 1.29 is 9.53 Å². The highest BCUT2D eigenvalue weighted by atomic mass is 35.5. The van der Waals surface area contributed by atoms with Crippen molar-refractivity contribution in [3.8, 4) is 0 Å². The largest absolute Gasteiger partial charge is 0.465 e. The average molecular weight is 236 g/mol. The summed E-state index contributed by atoms with van der Waals surface area (Å²) in [5.74, 6) is 0.932. The molecule has 4 heteroatoms. The van der Waals surface area contributed by atoms with Crippen LogP contribution in [0.25, 0.3) is 0 Å². The first kappa shape index (κ1) is 14.7. The molecule has 15 heavy (non-hydrogen) atoms. The van der Waals surface area contributed by atoms with E-state index in [1.165, 1.54) is 0 Å². The zero-order chi connectivity index (χ0) is 10.4. The minimum absolute atomic E-state index is 0. The van der Waals surface area contributed by atoms with E-state index in [9.17, 15) is 4.79 Å². The van der Waals surface area contributed by atoms with Crippen LogP contribution in [0.5, 0.6) is 0 Å². The molecule has 0 aromatic rings. The normalized spacial score (nSPS) is 17.3. The number of hydrogen-bond donors (Lipinski definition) is 1. The Labute approximate surface area is 98.4 Å². The van der Waals surface area contributed by atoms with E-state index in [1.807, 2.05) is 13.8 Å². The van der Waals surface area contributed by atoms with Gasteiger partial charge in [0.05, 0.1) is 6.61 Å². The third-order valence-electron chi connectivity index (χ3n) is 2.51. The minimum Gasteiger partial charge on any atom is -0.465 e. The lowest BCUT2D eigenvalue weighted by Crippen LogP contribution is -2.30. The topological polar surface area (TPSA) is 38.3 Å². The first-order chi connectivity index (χ1) is 6.68. The Hall–Kier alpha value is -0.280. The van der Waals surface area contributed by atoms with Crippen molar-refractivity contribution in [1.29, 1.82) is 0 Å². The first-order valence-electron chi connectivity index (χ1n) is 5.55. The standard InChI is InChI=1S/C11H21NO2.ClH/c1-9(2)7-11(13)14-8-10-3-5-12-6-4-10;/h9-10,12H,3-8H2,1-2H3;1H. The summed E-state index contributed by atoms with van der Waals surface area (Å²) in [7, 11) is 0. The summed E-state index contributed by atoms with van der Waals surface area (Å²) in [5, 5.41) is 3.29. The molecule has 0 unspecified atom stereocenters. The maximum Gasteiger partial charge on any atom is 0.306 e. The summed E-state index contributed by atoms with van der Waals surface area (Å²) in [6.45, 7) is 6.81. The SMILES string of the molecule is CC(C)CC(=O)OCC1CCNCC1.Cl. The number of halogens is 1. The van der Waals surface area contributed by atoms with Crippen LogP contribution in [0.15, 0.2) is 0 Å². The van der Waals surface area contributed by atoms with Crippen molar-refractivity contribution in [2.45, 2.75) is 33.1 Å². The summed E-state index contributed by atoms with van der Waals surface area (Å²) in [5.41, 5.74) is 0. The molecule has 90 valence electrons. The van der Waals surface area contributed by atoms with E-state index in [1.54, 1.807) is 0 Å². The Balaban J connectivity index is 0.00000196. The smallest absolute Gasteiger partial charge is 0.306 e. The molecule has 1 fully saturated rings.